The van der Waals surface area contributed by atoms with Crippen LogP contribution >= 0.6 is 0 Å². The van der Waals surface area contributed by atoms with E-state index < -0.39 is 29.1 Å². The van der Waals surface area contributed by atoms with Crippen molar-refractivity contribution in [3.05, 3.63) is 65.4 Å². The summed E-state index contributed by atoms with van der Waals surface area (Å²) >= 11 is 0. The zero-order chi connectivity index (χ0) is 31.1. The maximum absolute atomic E-state index is 16.5. The molecule has 238 valence electrons. The molecule has 3 aromatic rings. The molecule has 0 aliphatic carbocycles. The normalized spacial score (nSPS) is 18.2. The highest BCUT2D eigenvalue weighted by Crippen LogP contribution is 2.41. The van der Waals surface area contributed by atoms with Crippen molar-refractivity contribution >= 4 is 22.5 Å². The number of aromatic nitrogens is 1. The van der Waals surface area contributed by atoms with Gasteiger partial charge in [-0.1, -0.05) is 0 Å². The van der Waals surface area contributed by atoms with E-state index in [-0.39, 0.29) is 12.8 Å². The Morgan fingerprint density at radius 3 is 2.50 bits per heavy atom. The van der Waals surface area contributed by atoms with Crippen molar-refractivity contribution in [2.75, 3.05) is 64.9 Å². The molecule has 9 nitrogen and oxygen atoms in total. The summed E-state index contributed by atoms with van der Waals surface area (Å²) in [4.78, 5) is 22.0. The lowest BCUT2D eigenvalue weighted by molar-refractivity contribution is -0.143. The minimum absolute atomic E-state index is 0.0898. The number of morpholine rings is 1. The number of amides is 1. The summed E-state index contributed by atoms with van der Waals surface area (Å²) < 4.78 is 54.4. The number of hydrogen-bond acceptors (Lipinski definition) is 8. The van der Waals surface area contributed by atoms with E-state index in [9.17, 15) is 18.8 Å². The second kappa shape index (κ2) is 14.6. The van der Waals surface area contributed by atoms with Gasteiger partial charge in [-0.3, -0.25) is 19.9 Å². The molecule has 0 spiro atoms. The van der Waals surface area contributed by atoms with Crippen molar-refractivity contribution in [3.8, 4) is 5.75 Å². The SMILES string of the molecule is COc1ccc2ncc(CN3CCOCC3)c([C@H](F)CCC3(C(=O)NO)CCN(CCNc4cc(F)cc(F)c4)CC3)c2c1. The molecule has 3 N–H and O–H groups in total. The molecule has 12 heteroatoms. The number of anilines is 1. The van der Waals surface area contributed by atoms with E-state index in [1.54, 1.807) is 19.4 Å². The number of hydroxylamine groups is 1. The van der Waals surface area contributed by atoms with Crippen molar-refractivity contribution in [2.45, 2.75) is 38.4 Å². The van der Waals surface area contributed by atoms with Crippen LogP contribution < -0.4 is 15.5 Å². The molecule has 2 aromatic carbocycles. The third-order valence-electron chi connectivity index (χ3n) is 8.90. The largest absolute Gasteiger partial charge is 0.497 e. The highest BCUT2D eigenvalue weighted by Gasteiger charge is 2.41. The van der Waals surface area contributed by atoms with Gasteiger partial charge in [0.2, 0.25) is 5.91 Å². The van der Waals surface area contributed by atoms with Crippen molar-refractivity contribution < 1.29 is 32.6 Å². The van der Waals surface area contributed by atoms with E-state index >= 15 is 4.39 Å². The van der Waals surface area contributed by atoms with E-state index in [1.807, 2.05) is 17.6 Å². The fourth-order valence-corrected chi connectivity index (χ4v) is 6.33. The summed E-state index contributed by atoms with van der Waals surface area (Å²) in [6.07, 6.45) is 1.58. The Bertz CT molecular complexity index is 1410. The Kier molecular flexibility index (Phi) is 10.6. The first-order valence-electron chi connectivity index (χ1n) is 15.1. The topological polar surface area (TPSA) is 99.2 Å². The number of piperidine rings is 1. The van der Waals surface area contributed by atoms with Gasteiger partial charge in [0, 0.05) is 61.6 Å². The number of methoxy groups -OCH3 is 1. The number of benzene rings is 2. The van der Waals surface area contributed by atoms with E-state index in [0.717, 1.165) is 24.7 Å². The minimum Gasteiger partial charge on any atom is -0.497 e. The average molecular weight is 616 g/mol. The van der Waals surface area contributed by atoms with E-state index in [2.05, 4.69) is 20.1 Å². The molecule has 0 saturated carbocycles. The number of nitrogens with zero attached hydrogens (tertiary/aromatic N) is 3. The molecule has 3 heterocycles. The first kappa shape index (κ1) is 32.0. The van der Waals surface area contributed by atoms with E-state index in [0.29, 0.717) is 86.7 Å². The summed E-state index contributed by atoms with van der Waals surface area (Å²) in [6, 6.07) is 8.72. The molecule has 2 saturated heterocycles. The van der Waals surface area contributed by atoms with Crippen LogP contribution in [0.15, 0.2) is 42.6 Å². The molecule has 0 unspecified atom stereocenters. The molecule has 2 aliphatic rings. The Labute approximate surface area is 255 Å². The molecular weight excluding hydrogens is 575 g/mol. The smallest absolute Gasteiger partial charge is 0.249 e. The second-order valence-electron chi connectivity index (χ2n) is 11.6. The number of halogens is 3. The molecular formula is C32H40F3N5O4. The Morgan fingerprint density at radius 2 is 1.82 bits per heavy atom. The predicted molar refractivity (Wildman–Crippen MR) is 160 cm³/mol. The molecule has 2 fully saturated rings. The molecule has 0 radical (unpaired) electrons. The molecule has 0 bridgehead atoms. The Hall–Kier alpha value is -3.45. The first-order valence-corrected chi connectivity index (χ1v) is 15.1. The number of carbonyl (C=O) groups is 1. The quantitative estimate of drug-likeness (QED) is 0.197. The van der Waals surface area contributed by atoms with E-state index in [1.165, 1.54) is 12.1 Å². The lowest BCUT2D eigenvalue weighted by Gasteiger charge is -2.40. The number of likely N-dealkylation sites (tertiary alicyclic amines) is 1. The van der Waals surface area contributed by atoms with Crippen molar-refractivity contribution in [1.82, 2.24) is 20.3 Å². The highest BCUT2D eigenvalue weighted by molar-refractivity contribution is 5.85. The van der Waals surface area contributed by atoms with Crippen LogP contribution in [-0.2, 0) is 16.1 Å². The lowest BCUT2D eigenvalue weighted by atomic mass is 9.73. The molecule has 1 atom stereocenters. The molecule has 44 heavy (non-hydrogen) atoms. The van der Waals surface area contributed by atoms with Crippen LogP contribution in [-0.4, -0.2) is 85.5 Å². The number of carbonyl (C=O) groups excluding carboxylic acids is 1. The van der Waals surface area contributed by atoms with Gasteiger partial charge in [-0.05, 0) is 74.7 Å². The molecule has 2 aliphatic heterocycles. The maximum atomic E-state index is 16.5. The summed E-state index contributed by atoms with van der Waals surface area (Å²) in [7, 11) is 1.57. The van der Waals surface area contributed by atoms with Gasteiger partial charge < -0.3 is 19.7 Å². The minimum atomic E-state index is -1.37. The Morgan fingerprint density at radius 1 is 1.09 bits per heavy atom. The van der Waals surface area contributed by atoms with Gasteiger partial charge >= 0.3 is 0 Å². The van der Waals surface area contributed by atoms with Gasteiger partial charge in [0.1, 0.15) is 23.6 Å². The summed E-state index contributed by atoms with van der Waals surface area (Å²) in [6.45, 7) is 5.44. The number of nitrogens with one attached hydrogen (secondary N) is 2. The van der Waals surface area contributed by atoms with E-state index in [4.69, 9.17) is 9.47 Å². The van der Waals surface area contributed by atoms with Gasteiger partial charge in [0.05, 0.1) is 31.3 Å². The predicted octanol–water partition coefficient (Wildman–Crippen LogP) is 4.84. The Balaban J connectivity index is 1.27. The highest BCUT2D eigenvalue weighted by atomic mass is 19.1. The summed E-state index contributed by atoms with van der Waals surface area (Å²) in [5.41, 5.74) is 3.27. The van der Waals surface area contributed by atoms with Crippen LogP contribution in [0.25, 0.3) is 10.9 Å². The number of hydrogen-bond donors (Lipinski definition) is 3. The van der Waals surface area contributed by atoms with Crippen molar-refractivity contribution in [2.24, 2.45) is 5.41 Å². The molecule has 1 amide bonds. The number of alkyl halides is 1. The van der Waals surface area contributed by atoms with Gasteiger partial charge in [0.15, 0.2) is 0 Å². The average Bonchev–Trinajstić information content (AvgIpc) is 3.03. The second-order valence-corrected chi connectivity index (χ2v) is 11.6. The zero-order valence-electron chi connectivity index (χ0n) is 25.0. The number of fused-ring (bicyclic) bond motifs is 1. The van der Waals surface area contributed by atoms with Gasteiger partial charge in [-0.25, -0.2) is 18.7 Å². The first-order chi connectivity index (χ1) is 21.3. The standard InChI is InChI=1S/C32H40F3N5O4/c1-43-26-2-3-29-27(19-26)30(22(20-37-29)21-40-12-14-44-15-13-40)28(35)4-5-32(31(41)38-42)6-9-39(10-7-32)11-8-36-25-17-23(33)16-24(34)18-25/h2-3,16-20,28,36,42H,4-15,21H2,1H3,(H,38,41)/t28-/m1/s1. The monoisotopic (exact) mass is 615 g/mol. The fraction of sp³-hybridized carbons (Fsp3) is 0.500. The maximum Gasteiger partial charge on any atom is 0.249 e. The van der Waals surface area contributed by atoms with Gasteiger partial charge in [0.25, 0.3) is 0 Å². The molecule has 5 rings (SSSR count). The lowest BCUT2D eigenvalue weighted by Crippen LogP contribution is -2.49. The fourth-order valence-electron chi connectivity index (χ4n) is 6.33. The van der Waals surface area contributed by atoms with Crippen LogP contribution in [0.5, 0.6) is 5.75 Å². The van der Waals surface area contributed by atoms with Crippen molar-refractivity contribution in [1.29, 1.82) is 0 Å². The van der Waals surface area contributed by atoms with Crippen LogP contribution in [0.3, 0.4) is 0 Å². The van der Waals surface area contributed by atoms with Crippen LogP contribution in [0.1, 0.15) is 43.0 Å². The number of rotatable bonds is 12. The van der Waals surface area contributed by atoms with Crippen LogP contribution in [0.2, 0.25) is 0 Å². The van der Waals surface area contributed by atoms with Gasteiger partial charge in [-0.15, -0.1) is 0 Å². The van der Waals surface area contributed by atoms with Crippen LogP contribution in [0.4, 0.5) is 18.9 Å². The number of ether oxygens (including phenoxy) is 2. The third-order valence-corrected chi connectivity index (χ3v) is 8.90. The van der Waals surface area contributed by atoms with Crippen molar-refractivity contribution in [3.63, 3.8) is 0 Å². The zero-order valence-corrected chi connectivity index (χ0v) is 25.0. The summed E-state index contributed by atoms with van der Waals surface area (Å²) in [5, 5.41) is 13.3. The third kappa shape index (κ3) is 7.60. The number of pyridine rings is 1. The summed E-state index contributed by atoms with van der Waals surface area (Å²) in [5.74, 6) is -1.20. The van der Waals surface area contributed by atoms with Gasteiger partial charge in [-0.2, -0.15) is 0 Å². The van der Waals surface area contributed by atoms with Crippen LogP contribution in [0, 0.1) is 17.0 Å². The molecule has 1 aromatic heterocycles.